The largest absolute Gasteiger partial charge is 0.369 e. The smallest absolute Gasteiger partial charge is 0.273 e. The Labute approximate surface area is 181 Å². The molecule has 2 N–H and O–H groups in total. The molecule has 1 amide bonds. The summed E-state index contributed by atoms with van der Waals surface area (Å²) >= 11 is 1.42. The Hall–Kier alpha value is -2.90. The van der Waals surface area contributed by atoms with Gasteiger partial charge in [-0.1, -0.05) is 29.8 Å². The highest BCUT2D eigenvalue weighted by atomic mass is 32.1. The molecule has 1 fully saturated rings. The summed E-state index contributed by atoms with van der Waals surface area (Å²) in [6.07, 6.45) is 0. The van der Waals surface area contributed by atoms with Crippen LogP contribution in [0.3, 0.4) is 0 Å². The monoisotopic (exact) mass is 421 g/mol. The highest BCUT2D eigenvalue weighted by molar-refractivity contribution is 7.14. The number of thiazole rings is 1. The third kappa shape index (κ3) is 4.98. The quantitative estimate of drug-likeness (QED) is 0.633. The first-order valence-corrected chi connectivity index (χ1v) is 11.0. The van der Waals surface area contributed by atoms with E-state index < -0.39 is 0 Å². The molecule has 4 rings (SSSR count). The second kappa shape index (κ2) is 9.28. The van der Waals surface area contributed by atoms with Gasteiger partial charge in [0, 0.05) is 44.1 Å². The number of anilines is 3. The van der Waals surface area contributed by atoms with Crippen LogP contribution in [0.1, 0.15) is 21.6 Å². The maximum Gasteiger partial charge on any atom is 0.273 e. The van der Waals surface area contributed by atoms with Crippen LogP contribution in [0.5, 0.6) is 0 Å². The number of carbonyl (C=O) groups excluding carboxylic acids is 1. The molecule has 0 aliphatic carbocycles. The van der Waals surface area contributed by atoms with Gasteiger partial charge >= 0.3 is 0 Å². The second-order valence-electron chi connectivity index (χ2n) is 7.66. The topological polar surface area (TPSA) is 60.5 Å². The van der Waals surface area contributed by atoms with E-state index in [1.54, 1.807) is 5.51 Å². The predicted octanol–water partition coefficient (Wildman–Crippen LogP) is 3.88. The van der Waals surface area contributed by atoms with Crippen molar-refractivity contribution in [1.82, 2.24) is 15.2 Å². The van der Waals surface area contributed by atoms with E-state index in [2.05, 4.69) is 56.7 Å². The summed E-state index contributed by atoms with van der Waals surface area (Å²) in [7, 11) is 2.16. The Bertz CT molecular complexity index is 976. The van der Waals surface area contributed by atoms with E-state index in [0.29, 0.717) is 12.2 Å². The molecule has 1 aliphatic rings. The van der Waals surface area contributed by atoms with E-state index in [0.717, 1.165) is 42.4 Å². The van der Waals surface area contributed by atoms with Crippen LogP contribution in [-0.4, -0.2) is 49.0 Å². The summed E-state index contributed by atoms with van der Waals surface area (Å²) in [4.78, 5) is 21.7. The molecule has 1 aromatic heterocycles. The molecule has 156 valence electrons. The average Bonchev–Trinajstić information content (AvgIpc) is 3.23. The number of aryl methyl sites for hydroxylation is 1. The zero-order valence-corrected chi connectivity index (χ0v) is 18.2. The van der Waals surface area contributed by atoms with Gasteiger partial charge in [0.1, 0.15) is 5.00 Å². The van der Waals surface area contributed by atoms with E-state index >= 15 is 0 Å². The SMILES string of the molecule is Cc1ccc(Nc2scnc2C(=O)NCc2ccc(N3CCN(C)CC3)cc2)cc1. The van der Waals surface area contributed by atoms with Crippen molar-refractivity contribution in [2.24, 2.45) is 0 Å². The van der Waals surface area contributed by atoms with E-state index in [1.165, 1.54) is 22.6 Å². The first-order chi connectivity index (χ1) is 14.6. The van der Waals surface area contributed by atoms with Gasteiger partial charge in [0.25, 0.3) is 5.91 Å². The Morgan fingerprint density at radius 1 is 1.03 bits per heavy atom. The lowest BCUT2D eigenvalue weighted by molar-refractivity contribution is 0.0947. The van der Waals surface area contributed by atoms with E-state index in [9.17, 15) is 4.79 Å². The summed E-state index contributed by atoms with van der Waals surface area (Å²) in [6.45, 7) is 6.80. The normalized spacial score (nSPS) is 14.5. The molecule has 0 atom stereocenters. The van der Waals surface area contributed by atoms with Crippen LogP contribution in [-0.2, 0) is 6.54 Å². The molecule has 1 aliphatic heterocycles. The lowest BCUT2D eigenvalue weighted by atomic mass is 10.1. The maximum atomic E-state index is 12.7. The summed E-state index contributed by atoms with van der Waals surface area (Å²) in [6, 6.07) is 16.5. The number of likely N-dealkylation sites (N-methyl/N-ethyl adjacent to an activating group) is 1. The molecule has 7 heteroatoms. The minimum Gasteiger partial charge on any atom is -0.369 e. The molecule has 0 bridgehead atoms. The Morgan fingerprint density at radius 3 is 2.43 bits per heavy atom. The van der Waals surface area contributed by atoms with Gasteiger partial charge < -0.3 is 20.4 Å². The Morgan fingerprint density at radius 2 is 1.73 bits per heavy atom. The van der Waals surface area contributed by atoms with Crippen molar-refractivity contribution in [2.75, 3.05) is 43.4 Å². The highest BCUT2D eigenvalue weighted by Gasteiger charge is 2.16. The fourth-order valence-electron chi connectivity index (χ4n) is 3.42. The number of amides is 1. The van der Waals surface area contributed by atoms with Gasteiger partial charge in [0.2, 0.25) is 0 Å². The van der Waals surface area contributed by atoms with Crippen LogP contribution in [0.25, 0.3) is 0 Å². The second-order valence-corrected chi connectivity index (χ2v) is 8.52. The molecule has 3 aromatic rings. The standard InChI is InChI=1S/C23H27N5OS/c1-17-3-7-19(8-4-17)26-23-21(25-16-30-23)22(29)24-15-18-5-9-20(10-6-18)28-13-11-27(2)12-14-28/h3-10,16,26H,11-15H2,1-2H3,(H,24,29). The fraction of sp³-hybridized carbons (Fsp3) is 0.304. The van der Waals surface area contributed by atoms with Crippen molar-refractivity contribution < 1.29 is 4.79 Å². The minimum absolute atomic E-state index is 0.172. The number of hydrogen-bond acceptors (Lipinski definition) is 6. The molecular weight excluding hydrogens is 394 g/mol. The third-order valence-electron chi connectivity index (χ3n) is 5.35. The van der Waals surface area contributed by atoms with Crippen LogP contribution in [0, 0.1) is 6.92 Å². The summed E-state index contributed by atoms with van der Waals surface area (Å²) < 4.78 is 0. The molecule has 2 heterocycles. The van der Waals surface area contributed by atoms with Gasteiger partial charge in [0.15, 0.2) is 5.69 Å². The number of rotatable bonds is 6. The zero-order chi connectivity index (χ0) is 20.9. The van der Waals surface area contributed by atoms with Gasteiger partial charge in [-0.3, -0.25) is 4.79 Å². The van der Waals surface area contributed by atoms with Crippen LogP contribution in [0.15, 0.2) is 54.0 Å². The van der Waals surface area contributed by atoms with Gasteiger partial charge in [-0.15, -0.1) is 11.3 Å². The molecule has 0 unspecified atom stereocenters. The number of benzene rings is 2. The Kier molecular flexibility index (Phi) is 6.30. The number of hydrogen-bond donors (Lipinski definition) is 2. The number of carbonyl (C=O) groups is 1. The van der Waals surface area contributed by atoms with Crippen molar-refractivity contribution in [3.8, 4) is 0 Å². The molecule has 0 spiro atoms. The Balaban J connectivity index is 1.34. The maximum absolute atomic E-state index is 12.7. The van der Waals surface area contributed by atoms with Crippen molar-refractivity contribution in [3.05, 3.63) is 70.9 Å². The lowest BCUT2D eigenvalue weighted by Gasteiger charge is -2.34. The van der Waals surface area contributed by atoms with Crippen molar-refractivity contribution in [2.45, 2.75) is 13.5 Å². The average molecular weight is 422 g/mol. The van der Waals surface area contributed by atoms with Crippen LogP contribution < -0.4 is 15.5 Å². The highest BCUT2D eigenvalue weighted by Crippen LogP contribution is 2.25. The molecule has 6 nitrogen and oxygen atoms in total. The van der Waals surface area contributed by atoms with Gasteiger partial charge in [0.05, 0.1) is 5.51 Å². The van der Waals surface area contributed by atoms with Gasteiger partial charge in [-0.2, -0.15) is 0 Å². The van der Waals surface area contributed by atoms with E-state index in [1.807, 2.05) is 31.2 Å². The number of nitrogens with one attached hydrogen (secondary N) is 2. The van der Waals surface area contributed by atoms with Gasteiger partial charge in [-0.05, 0) is 43.8 Å². The van der Waals surface area contributed by atoms with Gasteiger partial charge in [-0.25, -0.2) is 4.98 Å². The first kappa shape index (κ1) is 20.4. The molecule has 1 saturated heterocycles. The molecule has 2 aromatic carbocycles. The van der Waals surface area contributed by atoms with E-state index in [4.69, 9.17) is 0 Å². The predicted molar refractivity (Wildman–Crippen MR) is 124 cm³/mol. The lowest BCUT2D eigenvalue weighted by Crippen LogP contribution is -2.44. The summed E-state index contributed by atoms with van der Waals surface area (Å²) in [5.41, 5.74) is 6.57. The first-order valence-electron chi connectivity index (χ1n) is 10.2. The molecule has 30 heavy (non-hydrogen) atoms. The number of aromatic nitrogens is 1. The van der Waals surface area contributed by atoms with E-state index in [-0.39, 0.29) is 5.91 Å². The van der Waals surface area contributed by atoms with Crippen LogP contribution in [0.2, 0.25) is 0 Å². The van der Waals surface area contributed by atoms with Crippen molar-refractivity contribution in [1.29, 1.82) is 0 Å². The number of nitrogens with zero attached hydrogens (tertiary/aromatic N) is 3. The van der Waals surface area contributed by atoms with Crippen LogP contribution >= 0.6 is 11.3 Å². The van der Waals surface area contributed by atoms with Crippen molar-refractivity contribution in [3.63, 3.8) is 0 Å². The molecule has 0 radical (unpaired) electrons. The minimum atomic E-state index is -0.172. The van der Waals surface area contributed by atoms with Crippen LogP contribution in [0.4, 0.5) is 16.4 Å². The molecule has 0 saturated carbocycles. The summed E-state index contributed by atoms with van der Waals surface area (Å²) in [5.74, 6) is -0.172. The zero-order valence-electron chi connectivity index (χ0n) is 17.4. The molecular formula is C23H27N5OS. The summed E-state index contributed by atoms with van der Waals surface area (Å²) in [5, 5.41) is 7.03. The van der Waals surface area contributed by atoms with Crippen molar-refractivity contribution >= 4 is 33.6 Å². The fourth-order valence-corrected chi connectivity index (χ4v) is 4.12. The third-order valence-corrected chi connectivity index (χ3v) is 6.09. The number of piperazine rings is 1.